The number of ether oxygens (including phenoxy) is 2. The maximum absolute atomic E-state index is 12.1. The molecule has 1 unspecified atom stereocenters. The first-order valence-corrected chi connectivity index (χ1v) is 8.35. The van der Waals surface area contributed by atoms with Gasteiger partial charge in [0, 0.05) is 25.7 Å². The molecule has 3 rings (SSSR count). The molecule has 6 nitrogen and oxygen atoms in total. The molecule has 0 aliphatic carbocycles. The van der Waals surface area contributed by atoms with Crippen LogP contribution in [-0.4, -0.2) is 24.2 Å². The zero-order chi connectivity index (χ0) is 17.5. The molecular formula is C19H20N2O4. The van der Waals surface area contributed by atoms with Crippen molar-refractivity contribution in [3.05, 3.63) is 58.8 Å². The topological polar surface area (TPSA) is 65.9 Å². The van der Waals surface area contributed by atoms with Crippen molar-refractivity contribution in [3.63, 3.8) is 0 Å². The molecule has 1 aliphatic heterocycles. The smallest absolute Gasteiger partial charge is 0.187 e. The summed E-state index contributed by atoms with van der Waals surface area (Å²) in [4.78, 5) is 15.5. The minimum Gasteiger partial charge on any atom is -0.381 e. The van der Waals surface area contributed by atoms with E-state index in [1.165, 1.54) is 0 Å². The first kappa shape index (κ1) is 17.3. The van der Waals surface area contributed by atoms with Crippen molar-refractivity contribution in [3.8, 4) is 0 Å². The van der Waals surface area contributed by atoms with Crippen molar-refractivity contribution >= 4 is 11.5 Å². The van der Waals surface area contributed by atoms with Gasteiger partial charge in [-0.2, -0.15) is 0 Å². The fraction of sp³-hybridized carbons (Fsp3) is 0.421. The molecule has 130 valence electrons. The molecule has 0 radical (unpaired) electrons. The first-order chi connectivity index (χ1) is 12.2. The molecule has 1 aromatic carbocycles. The minimum absolute atomic E-state index is 0.00312. The summed E-state index contributed by atoms with van der Waals surface area (Å²) >= 11 is 0. The first-order valence-electron chi connectivity index (χ1n) is 8.35. The van der Waals surface area contributed by atoms with Gasteiger partial charge >= 0.3 is 0 Å². The monoisotopic (exact) mass is 340 g/mol. The molecule has 0 saturated carbocycles. The van der Waals surface area contributed by atoms with Crippen LogP contribution in [0.25, 0.3) is 4.85 Å². The Hall–Kier alpha value is -2.49. The maximum Gasteiger partial charge on any atom is 0.187 e. The molecule has 25 heavy (non-hydrogen) atoms. The zero-order valence-corrected chi connectivity index (χ0v) is 13.9. The van der Waals surface area contributed by atoms with Crippen molar-refractivity contribution in [1.29, 1.82) is 0 Å². The van der Waals surface area contributed by atoms with E-state index in [9.17, 15) is 4.79 Å². The summed E-state index contributed by atoms with van der Waals surface area (Å²) in [6.07, 6.45) is 2.33. The van der Waals surface area contributed by atoms with Gasteiger partial charge in [0.25, 0.3) is 0 Å². The van der Waals surface area contributed by atoms with Crippen molar-refractivity contribution in [1.82, 2.24) is 5.16 Å². The van der Waals surface area contributed by atoms with Crippen LogP contribution < -0.4 is 0 Å². The molecule has 0 amide bonds. The Bertz CT molecular complexity index is 740. The fourth-order valence-corrected chi connectivity index (χ4v) is 2.72. The molecule has 1 aliphatic rings. The Balaban J connectivity index is 1.42. The normalized spacial score (nSPS) is 16.7. The van der Waals surface area contributed by atoms with Crippen LogP contribution in [0.5, 0.6) is 0 Å². The van der Waals surface area contributed by atoms with Gasteiger partial charge in [-0.05, 0) is 24.3 Å². The number of benzene rings is 1. The number of Topliss-reactive ketones (excluding diaryl/α,β-unsaturated/α-hetero) is 1. The lowest BCUT2D eigenvalue weighted by atomic mass is 10.00. The average Bonchev–Trinajstić information content (AvgIpc) is 3.32. The number of aromatic nitrogens is 1. The second-order valence-corrected chi connectivity index (χ2v) is 6.14. The molecule has 1 atom stereocenters. The molecule has 2 aromatic rings. The molecule has 1 saturated heterocycles. The molecule has 0 N–H and O–H groups in total. The van der Waals surface area contributed by atoms with Gasteiger partial charge < -0.3 is 14.0 Å². The second kappa shape index (κ2) is 8.56. The summed E-state index contributed by atoms with van der Waals surface area (Å²) in [6, 6.07) is 8.87. The quantitative estimate of drug-likeness (QED) is 0.538. The molecule has 2 heterocycles. The van der Waals surface area contributed by atoms with Crippen molar-refractivity contribution < 1.29 is 18.8 Å². The lowest BCUT2D eigenvalue weighted by molar-refractivity contribution is 0.0879. The van der Waals surface area contributed by atoms with E-state index in [1.807, 2.05) is 12.1 Å². The van der Waals surface area contributed by atoms with Gasteiger partial charge in [-0.1, -0.05) is 29.4 Å². The summed E-state index contributed by atoms with van der Waals surface area (Å²) in [6.45, 7) is 9.13. The largest absolute Gasteiger partial charge is 0.381 e. The summed E-state index contributed by atoms with van der Waals surface area (Å²) in [5.74, 6) is 1.01. The number of carbonyl (C=O) groups is 1. The van der Waals surface area contributed by atoms with Gasteiger partial charge in [0.05, 0.1) is 13.2 Å². The van der Waals surface area contributed by atoms with Gasteiger partial charge in [-0.25, -0.2) is 4.85 Å². The fourth-order valence-electron chi connectivity index (χ4n) is 2.72. The van der Waals surface area contributed by atoms with Crippen molar-refractivity contribution in [2.75, 3.05) is 13.2 Å². The molecule has 0 spiro atoms. The molecule has 1 fully saturated rings. The van der Waals surface area contributed by atoms with Crippen LogP contribution in [-0.2, 0) is 22.7 Å². The number of carbonyl (C=O) groups excluding carboxylic acids is 1. The van der Waals surface area contributed by atoms with Crippen LogP contribution in [0.2, 0.25) is 0 Å². The minimum atomic E-state index is -0.00312. The third-order valence-electron chi connectivity index (χ3n) is 4.23. The van der Waals surface area contributed by atoms with E-state index in [0.29, 0.717) is 36.1 Å². The standard InChI is InChI=1S/C19H20N2O4/c1-20-16-5-2-14(3-6-16)12-24-13-17-10-18(21-25-17)19(22)7-4-15-8-9-23-11-15/h2-3,5-6,10,15H,4,7-9,11-13H2. The predicted octanol–water partition coefficient (Wildman–Crippen LogP) is 3.94. The summed E-state index contributed by atoms with van der Waals surface area (Å²) < 4.78 is 16.1. The summed E-state index contributed by atoms with van der Waals surface area (Å²) in [5, 5.41) is 3.84. The molecule has 1 aromatic heterocycles. The van der Waals surface area contributed by atoms with E-state index < -0.39 is 0 Å². The highest BCUT2D eigenvalue weighted by molar-refractivity contribution is 5.94. The van der Waals surface area contributed by atoms with Crippen LogP contribution >= 0.6 is 0 Å². The van der Waals surface area contributed by atoms with Crippen LogP contribution in [0.1, 0.15) is 41.1 Å². The van der Waals surface area contributed by atoms with Crippen LogP contribution in [0.3, 0.4) is 0 Å². The number of ketones is 1. The number of hydrogen-bond acceptors (Lipinski definition) is 5. The summed E-state index contributed by atoms with van der Waals surface area (Å²) in [7, 11) is 0. The summed E-state index contributed by atoms with van der Waals surface area (Å²) in [5.41, 5.74) is 1.94. The van der Waals surface area contributed by atoms with Gasteiger partial charge in [-0.15, -0.1) is 0 Å². The SMILES string of the molecule is [C-]#[N+]c1ccc(COCc2cc(C(=O)CCC3CCOC3)no2)cc1. The Kier molecular flexibility index (Phi) is 5.94. The van der Waals surface area contributed by atoms with Crippen molar-refractivity contribution in [2.45, 2.75) is 32.5 Å². The molecular weight excluding hydrogens is 320 g/mol. The number of nitrogens with zero attached hydrogens (tertiary/aromatic N) is 2. The van der Waals surface area contributed by atoms with Crippen molar-refractivity contribution in [2.24, 2.45) is 5.92 Å². The van der Waals surface area contributed by atoms with E-state index in [1.54, 1.807) is 18.2 Å². The third-order valence-corrected chi connectivity index (χ3v) is 4.23. The highest BCUT2D eigenvalue weighted by Crippen LogP contribution is 2.20. The average molecular weight is 340 g/mol. The van der Waals surface area contributed by atoms with Crippen LogP contribution in [0.4, 0.5) is 5.69 Å². The van der Waals surface area contributed by atoms with Gasteiger partial charge in [0.15, 0.2) is 17.2 Å². The predicted molar refractivity (Wildman–Crippen MR) is 90.2 cm³/mol. The van der Waals surface area contributed by atoms with E-state index >= 15 is 0 Å². The maximum atomic E-state index is 12.1. The van der Waals surface area contributed by atoms with E-state index in [-0.39, 0.29) is 12.4 Å². The van der Waals surface area contributed by atoms with E-state index in [2.05, 4.69) is 10.0 Å². The van der Waals surface area contributed by atoms with E-state index in [4.69, 9.17) is 20.6 Å². The lowest BCUT2D eigenvalue weighted by Crippen LogP contribution is -2.05. The van der Waals surface area contributed by atoms with Gasteiger partial charge in [-0.3, -0.25) is 4.79 Å². The third kappa shape index (κ3) is 4.99. The second-order valence-electron chi connectivity index (χ2n) is 6.14. The van der Waals surface area contributed by atoms with Crippen LogP contribution in [0, 0.1) is 12.5 Å². The molecule has 0 bridgehead atoms. The highest BCUT2D eigenvalue weighted by atomic mass is 16.5. The van der Waals surface area contributed by atoms with Crippen LogP contribution in [0.15, 0.2) is 34.9 Å². The Morgan fingerprint density at radius 1 is 1.32 bits per heavy atom. The number of rotatable bonds is 8. The Labute approximate surface area is 146 Å². The zero-order valence-electron chi connectivity index (χ0n) is 13.9. The Morgan fingerprint density at radius 2 is 2.16 bits per heavy atom. The lowest BCUT2D eigenvalue weighted by Gasteiger charge is -2.04. The van der Waals surface area contributed by atoms with Gasteiger partial charge in [0.2, 0.25) is 0 Å². The highest BCUT2D eigenvalue weighted by Gasteiger charge is 2.19. The van der Waals surface area contributed by atoms with E-state index in [0.717, 1.165) is 31.6 Å². The Morgan fingerprint density at radius 3 is 2.88 bits per heavy atom. The number of hydrogen-bond donors (Lipinski definition) is 0. The molecule has 6 heteroatoms. The van der Waals surface area contributed by atoms with Gasteiger partial charge in [0.1, 0.15) is 12.3 Å².